The van der Waals surface area contributed by atoms with Gasteiger partial charge >= 0.3 is 6.18 Å². The number of hydrogen-bond donors (Lipinski definition) is 1. The van der Waals surface area contributed by atoms with Gasteiger partial charge in [0.05, 0.1) is 0 Å². The van der Waals surface area contributed by atoms with Crippen LogP contribution >= 0.6 is 0 Å². The molecule has 2 aromatic rings. The second kappa shape index (κ2) is 8.24. The van der Waals surface area contributed by atoms with E-state index in [9.17, 15) is 21.6 Å². The number of alkyl halides is 3. The van der Waals surface area contributed by atoms with Crippen LogP contribution < -0.4 is 5.14 Å². The number of sulfonamides is 1. The molecule has 0 spiro atoms. The van der Waals surface area contributed by atoms with Crippen molar-refractivity contribution < 1.29 is 21.6 Å². The summed E-state index contributed by atoms with van der Waals surface area (Å²) >= 11 is 0. The molecule has 0 aromatic carbocycles. The molecule has 0 unspecified atom stereocenters. The molecule has 1 aliphatic rings. The van der Waals surface area contributed by atoms with Crippen LogP contribution in [0.5, 0.6) is 0 Å². The van der Waals surface area contributed by atoms with Crippen LogP contribution in [0.15, 0.2) is 23.1 Å². The Bertz CT molecular complexity index is 1030. The maximum absolute atomic E-state index is 13.6. The van der Waals surface area contributed by atoms with Gasteiger partial charge in [-0.1, -0.05) is 40.0 Å². The second-order valence-corrected chi connectivity index (χ2v) is 11.0. The van der Waals surface area contributed by atoms with E-state index in [4.69, 9.17) is 5.14 Å². The molecular weight excluding hydrogens is 427 g/mol. The van der Waals surface area contributed by atoms with E-state index in [1.807, 2.05) is 4.57 Å². The number of rotatable bonds is 4. The van der Waals surface area contributed by atoms with Gasteiger partial charge in [0.1, 0.15) is 10.6 Å². The molecule has 1 fully saturated rings. The van der Waals surface area contributed by atoms with Crippen molar-refractivity contribution in [3.63, 3.8) is 0 Å². The smallest absolute Gasteiger partial charge is 0.343 e. The molecule has 172 valence electrons. The van der Waals surface area contributed by atoms with Crippen LogP contribution in [0.1, 0.15) is 70.0 Å². The highest BCUT2D eigenvalue weighted by Crippen LogP contribution is 2.37. The molecule has 0 atom stereocenters. The molecule has 2 heterocycles. The summed E-state index contributed by atoms with van der Waals surface area (Å²) < 4.78 is 67.0. The van der Waals surface area contributed by atoms with Gasteiger partial charge in [-0.25, -0.2) is 18.5 Å². The minimum absolute atomic E-state index is 0.0546. The lowest BCUT2D eigenvalue weighted by Gasteiger charge is -2.25. The Hall–Kier alpha value is -1.87. The topological polar surface area (TPSA) is 78.0 Å². The van der Waals surface area contributed by atoms with Crippen LogP contribution in [0.4, 0.5) is 13.2 Å². The highest BCUT2D eigenvalue weighted by molar-refractivity contribution is 7.89. The fourth-order valence-electron chi connectivity index (χ4n) is 4.22. The average Bonchev–Trinajstić information content (AvgIpc) is 2.97. The summed E-state index contributed by atoms with van der Waals surface area (Å²) in [6, 6.07) is 4.01. The molecule has 0 aliphatic heterocycles. The highest BCUT2D eigenvalue weighted by Gasteiger charge is 2.35. The first-order valence-corrected chi connectivity index (χ1v) is 12.1. The largest absolute Gasteiger partial charge is 0.433 e. The van der Waals surface area contributed by atoms with Crippen LogP contribution in [0.25, 0.3) is 11.3 Å². The fourth-order valence-corrected chi connectivity index (χ4v) is 5.02. The Kier molecular flexibility index (Phi) is 6.32. The molecule has 31 heavy (non-hydrogen) atoms. The van der Waals surface area contributed by atoms with Gasteiger partial charge in [-0.15, -0.1) is 0 Å². The van der Waals surface area contributed by atoms with Gasteiger partial charge in [0.2, 0.25) is 10.0 Å². The molecule has 1 aliphatic carbocycles. The van der Waals surface area contributed by atoms with Gasteiger partial charge < -0.3 is 4.57 Å². The molecule has 1 saturated carbocycles. The van der Waals surface area contributed by atoms with E-state index < -0.39 is 27.3 Å². The number of nitrogens with two attached hydrogens (primary N) is 1. The Morgan fingerprint density at radius 1 is 1.06 bits per heavy atom. The van der Waals surface area contributed by atoms with Crippen molar-refractivity contribution in [3.05, 3.63) is 35.3 Å². The molecule has 0 bridgehead atoms. The lowest BCUT2D eigenvalue weighted by Crippen LogP contribution is -2.19. The molecular formula is C22H30F3N3O2S. The van der Waals surface area contributed by atoms with Crippen molar-refractivity contribution in [1.82, 2.24) is 9.55 Å². The number of hydrogen-bond acceptors (Lipinski definition) is 3. The van der Waals surface area contributed by atoms with Gasteiger partial charge in [-0.3, -0.25) is 0 Å². The molecule has 0 radical (unpaired) electrons. The minimum atomic E-state index is -4.62. The first kappa shape index (κ1) is 23.8. The van der Waals surface area contributed by atoms with Crippen LogP contribution in [0.2, 0.25) is 0 Å². The zero-order valence-corrected chi connectivity index (χ0v) is 19.2. The van der Waals surface area contributed by atoms with E-state index >= 15 is 0 Å². The van der Waals surface area contributed by atoms with Crippen molar-refractivity contribution in [2.75, 3.05) is 0 Å². The summed E-state index contributed by atoms with van der Waals surface area (Å²) in [6.45, 7) is 7.58. The summed E-state index contributed by atoms with van der Waals surface area (Å²) in [5.74, 6) is 0.345. The normalized spacial score (nSPS) is 16.6. The summed E-state index contributed by atoms with van der Waals surface area (Å²) in [5.41, 5.74) is -0.153. The molecule has 0 amide bonds. The van der Waals surface area contributed by atoms with Crippen LogP contribution in [-0.4, -0.2) is 18.0 Å². The van der Waals surface area contributed by atoms with Crippen molar-refractivity contribution in [3.8, 4) is 11.3 Å². The van der Waals surface area contributed by atoms with Gasteiger partial charge in [0.25, 0.3) is 0 Å². The molecule has 9 heteroatoms. The van der Waals surface area contributed by atoms with Crippen LogP contribution in [0.3, 0.4) is 0 Å². The third-order valence-corrected chi connectivity index (χ3v) is 7.00. The first-order chi connectivity index (χ1) is 14.2. The molecule has 3 rings (SSSR count). The standard InChI is InChI=1S/C22H30F3N3O2S/c1-14-18(31(26,29)30)12-17(28(14)13-15-8-6-5-7-9-15)16-10-19(21(2,3)4)27-20(11-16)22(23,24)25/h10-12,15H,5-9,13H2,1-4H3,(H2,26,29,30). The zero-order chi connectivity index (χ0) is 23.2. The number of nitrogens with zero attached hydrogens (tertiary/aromatic N) is 2. The Morgan fingerprint density at radius 3 is 2.16 bits per heavy atom. The number of pyridine rings is 1. The monoisotopic (exact) mass is 457 g/mol. The van der Waals surface area contributed by atoms with Crippen molar-refractivity contribution in [2.24, 2.45) is 11.1 Å². The molecule has 0 saturated heterocycles. The summed E-state index contributed by atoms with van der Waals surface area (Å²) in [7, 11) is -4.02. The number of primary sulfonamides is 1. The average molecular weight is 458 g/mol. The van der Waals surface area contributed by atoms with Gasteiger partial charge in [-0.2, -0.15) is 13.2 Å². The van der Waals surface area contributed by atoms with E-state index in [2.05, 4.69) is 4.98 Å². The number of aromatic nitrogens is 2. The first-order valence-electron chi connectivity index (χ1n) is 10.5. The SMILES string of the molecule is Cc1c(S(N)(=O)=O)cc(-c2cc(C(C)(C)C)nc(C(F)(F)F)c2)n1CC1CCCCC1. The van der Waals surface area contributed by atoms with E-state index in [1.165, 1.54) is 12.5 Å². The lowest BCUT2D eigenvalue weighted by molar-refractivity contribution is -0.141. The van der Waals surface area contributed by atoms with Gasteiger partial charge in [-0.05, 0) is 43.9 Å². The maximum atomic E-state index is 13.6. The number of halogens is 3. The van der Waals surface area contributed by atoms with E-state index in [-0.39, 0.29) is 10.6 Å². The quantitative estimate of drug-likeness (QED) is 0.667. The second-order valence-electron chi connectivity index (χ2n) is 9.51. The predicted octanol–water partition coefficient (Wildman–Crippen LogP) is 5.40. The molecule has 2 aromatic heterocycles. The van der Waals surface area contributed by atoms with Gasteiger partial charge in [0, 0.05) is 34.6 Å². The third kappa shape index (κ3) is 5.31. The maximum Gasteiger partial charge on any atom is 0.433 e. The van der Waals surface area contributed by atoms with E-state index in [1.54, 1.807) is 33.8 Å². The van der Waals surface area contributed by atoms with Crippen LogP contribution in [0, 0.1) is 12.8 Å². The summed E-state index contributed by atoms with van der Waals surface area (Å²) in [4.78, 5) is 3.79. The summed E-state index contributed by atoms with van der Waals surface area (Å²) in [5, 5.41) is 5.42. The lowest BCUT2D eigenvalue weighted by atomic mass is 9.89. The third-order valence-electron chi connectivity index (χ3n) is 5.97. The van der Waals surface area contributed by atoms with Crippen molar-refractivity contribution >= 4 is 10.0 Å². The molecule has 2 N–H and O–H groups in total. The molecule has 5 nitrogen and oxygen atoms in total. The minimum Gasteiger partial charge on any atom is -0.343 e. The van der Waals surface area contributed by atoms with Crippen molar-refractivity contribution in [1.29, 1.82) is 0 Å². The van der Waals surface area contributed by atoms with Gasteiger partial charge in [0.15, 0.2) is 0 Å². The van der Waals surface area contributed by atoms with Crippen LogP contribution in [-0.2, 0) is 28.2 Å². The Morgan fingerprint density at radius 2 is 1.65 bits per heavy atom. The summed E-state index contributed by atoms with van der Waals surface area (Å²) in [6.07, 6.45) is 0.783. The zero-order valence-electron chi connectivity index (χ0n) is 18.4. The Labute approximate surface area is 181 Å². The highest BCUT2D eigenvalue weighted by atomic mass is 32.2. The fraction of sp³-hybridized carbons (Fsp3) is 0.591. The predicted molar refractivity (Wildman–Crippen MR) is 114 cm³/mol. The van der Waals surface area contributed by atoms with Crippen molar-refractivity contribution in [2.45, 2.75) is 82.8 Å². The Balaban J connectivity index is 2.23. The van der Waals surface area contributed by atoms with E-state index in [0.717, 1.165) is 31.7 Å². The van der Waals surface area contributed by atoms with E-state index in [0.29, 0.717) is 29.4 Å².